The second-order valence-corrected chi connectivity index (χ2v) is 2.52. The Labute approximate surface area is 59.9 Å². The van der Waals surface area contributed by atoms with E-state index < -0.39 is 0 Å². The van der Waals surface area contributed by atoms with Crippen LogP contribution >= 0.6 is 0 Å². The third-order valence-electron chi connectivity index (χ3n) is 1.77. The Bertz CT molecular complexity index is 102. The van der Waals surface area contributed by atoms with Crippen LogP contribution in [0.5, 0.6) is 0 Å². The van der Waals surface area contributed by atoms with Crippen LogP contribution in [0.3, 0.4) is 0 Å². The van der Waals surface area contributed by atoms with Crippen molar-refractivity contribution >= 4 is 0 Å². The maximum Gasteiger partial charge on any atom is 0.107 e. The highest BCUT2D eigenvalue weighted by Gasteiger charge is 2.14. The summed E-state index contributed by atoms with van der Waals surface area (Å²) in [5.41, 5.74) is 6.30. The number of hydrogen-bond acceptors (Lipinski definition) is 4. The van der Waals surface area contributed by atoms with Gasteiger partial charge in [0, 0.05) is 0 Å². The normalized spacial score (nSPS) is 20.4. The third kappa shape index (κ3) is 2.31. The van der Waals surface area contributed by atoms with E-state index in [1.807, 2.05) is 0 Å². The molecule has 1 aliphatic rings. The average Bonchev–Trinajstić information content (AvgIpc) is 2.03. The van der Waals surface area contributed by atoms with Gasteiger partial charge in [0.1, 0.15) is 6.10 Å². The summed E-state index contributed by atoms with van der Waals surface area (Å²) < 4.78 is 0. The zero-order chi connectivity index (χ0) is 7.23. The first-order valence-corrected chi connectivity index (χ1v) is 3.63. The van der Waals surface area contributed by atoms with E-state index in [2.05, 4.69) is 10.3 Å². The Hall–Kier alpha value is -0.640. The molecule has 1 rings (SSSR count). The SMILES string of the molecule is N=NOOC1CCCCC1. The Morgan fingerprint density at radius 2 is 1.90 bits per heavy atom. The smallest absolute Gasteiger partial charge is 0.107 e. The van der Waals surface area contributed by atoms with E-state index in [1.165, 1.54) is 19.3 Å². The number of nitrogens with one attached hydrogen (secondary N) is 1. The second-order valence-electron chi connectivity index (χ2n) is 2.52. The topological polar surface area (TPSA) is 54.7 Å². The van der Waals surface area contributed by atoms with Crippen molar-refractivity contribution in [2.75, 3.05) is 0 Å². The second kappa shape index (κ2) is 4.22. The Kier molecular flexibility index (Phi) is 3.15. The summed E-state index contributed by atoms with van der Waals surface area (Å²) in [6.45, 7) is 0. The zero-order valence-corrected chi connectivity index (χ0v) is 5.88. The van der Waals surface area contributed by atoms with Crippen molar-refractivity contribution in [1.82, 2.24) is 0 Å². The van der Waals surface area contributed by atoms with Gasteiger partial charge in [-0.3, -0.25) is 0 Å². The minimum atomic E-state index is 0.169. The lowest BCUT2D eigenvalue weighted by Crippen LogP contribution is -2.15. The van der Waals surface area contributed by atoms with E-state index in [-0.39, 0.29) is 6.10 Å². The largest absolute Gasteiger partial charge is 0.200 e. The van der Waals surface area contributed by atoms with Crippen LogP contribution in [0.4, 0.5) is 0 Å². The fourth-order valence-electron chi connectivity index (χ4n) is 1.24. The molecule has 0 atom stereocenters. The molecule has 0 aliphatic heterocycles. The molecule has 0 saturated heterocycles. The highest BCUT2D eigenvalue weighted by Crippen LogP contribution is 2.20. The molecule has 0 radical (unpaired) electrons. The Balaban J connectivity index is 2.07. The third-order valence-corrected chi connectivity index (χ3v) is 1.77. The zero-order valence-electron chi connectivity index (χ0n) is 5.88. The molecule has 1 fully saturated rings. The van der Waals surface area contributed by atoms with Crippen LogP contribution in [-0.2, 0) is 9.88 Å². The molecule has 0 bridgehead atoms. The number of hydrogen-bond donors (Lipinski definition) is 1. The van der Waals surface area contributed by atoms with Gasteiger partial charge in [0.05, 0.1) is 5.28 Å². The van der Waals surface area contributed by atoms with Crippen LogP contribution in [0.25, 0.3) is 0 Å². The summed E-state index contributed by atoms with van der Waals surface area (Å²) in [5, 5.41) is 2.66. The fourth-order valence-corrected chi connectivity index (χ4v) is 1.24. The monoisotopic (exact) mass is 144 g/mol. The van der Waals surface area contributed by atoms with Crippen molar-refractivity contribution in [2.24, 2.45) is 5.28 Å². The molecule has 0 spiro atoms. The number of nitrogens with zero attached hydrogens (tertiary/aromatic N) is 1. The molecule has 4 heteroatoms. The first kappa shape index (κ1) is 7.47. The molecular formula is C6H12N2O2. The summed E-state index contributed by atoms with van der Waals surface area (Å²) in [7, 11) is 0. The van der Waals surface area contributed by atoms with E-state index >= 15 is 0 Å². The average molecular weight is 144 g/mol. The van der Waals surface area contributed by atoms with Crippen molar-refractivity contribution in [3.8, 4) is 0 Å². The highest BCUT2D eigenvalue weighted by molar-refractivity contribution is 4.63. The molecule has 0 heterocycles. The molecule has 0 aromatic heterocycles. The molecule has 0 aromatic carbocycles. The van der Waals surface area contributed by atoms with E-state index in [4.69, 9.17) is 10.4 Å². The summed E-state index contributed by atoms with van der Waals surface area (Å²) in [6.07, 6.45) is 5.93. The van der Waals surface area contributed by atoms with Crippen molar-refractivity contribution in [1.29, 1.82) is 5.53 Å². The van der Waals surface area contributed by atoms with Crippen LogP contribution in [0.2, 0.25) is 0 Å². The van der Waals surface area contributed by atoms with E-state index in [1.54, 1.807) is 0 Å². The van der Waals surface area contributed by atoms with Crippen LogP contribution in [0, 0.1) is 5.53 Å². The first-order valence-electron chi connectivity index (χ1n) is 3.63. The molecule has 0 amide bonds. The summed E-state index contributed by atoms with van der Waals surface area (Å²) in [6, 6.07) is 0. The molecule has 1 N–H and O–H groups in total. The lowest BCUT2D eigenvalue weighted by molar-refractivity contribution is -0.337. The first-order chi connectivity index (χ1) is 4.93. The molecule has 0 aromatic rings. The van der Waals surface area contributed by atoms with Gasteiger partial charge >= 0.3 is 0 Å². The van der Waals surface area contributed by atoms with Crippen LogP contribution in [0.15, 0.2) is 5.28 Å². The quantitative estimate of drug-likeness (QED) is 0.375. The Morgan fingerprint density at radius 3 is 2.50 bits per heavy atom. The van der Waals surface area contributed by atoms with Crippen molar-refractivity contribution < 1.29 is 9.88 Å². The van der Waals surface area contributed by atoms with Gasteiger partial charge in [-0.25, -0.2) is 4.99 Å². The molecule has 1 saturated carbocycles. The van der Waals surface area contributed by atoms with Crippen molar-refractivity contribution in [3.05, 3.63) is 0 Å². The van der Waals surface area contributed by atoms with Crippen LogP contribution in [-0.4, -0.2) is 6.10 Å². The standard InChI is InChI=1S/C6H12N2O2/c7-8-10-9-6-4-2-1-3-5-6/h6-7H,1-5H2. The lowest BCUT2D eigenvalue weighted by atomic mass is 9.98. The van der Waals surface area contributed by atoms with E-state index in [9.17, 15) is 0 Å². The van der Waals surface area contributed by atoms with E-state index in [0.29, 0.717) is 0 Å². The molecule has 4 nitrogen and oxygen atoms in total. The molecular weight excluding hydrogens is 132 g/mol. The van der Waals surface area contributed by atoms with Crippen molar-refractivity contribution in [2.45, 2.75) is 38.2 Å². The van der Waals surface area contributed by atoms with Gasteiger partial charge in [0.25, 0.3) is 0 Å². The minimum absolute atomic E-state index is 0.169. The minimum Gasteiger partial charge on any atom is -0.200 e. The molecule has 0 unspecified atom stereocenters. The van der Waals surface area contributed by atoms with Gasteiger partial charge in [0.2, 0.25) is 0 Å². The lowest BCUT2D eigenvalue weighted by Gasteiger charge is -2.17. The maximum absolute atomic E-state index is 6.30. The van der Waals surface area contributed by atoms with Crippen molar-refractivity contribution in [3.63, 3.8) is 0 Å². The molecule has 1 aliphatic carbocycles. The molecule has 10 heavy (non-hydrogen) atoms. The van der Waals surface area contributed by atoms with Gasteiger partial charge in [-0.15, -0.1) is 0 Å². The maximum atomic E-state index is 6.30. The van der Waals surface area contributed by atoms with Gasteiger partial charge < -0.3 is 0 Å². The predicted octanol–water partition coefficient (Wildman–Crippen LogP) is 2.21. The van der Waals surface area contributed by atoms with Gasteiger partial charge in [-0.05, 0) is 12.8 Å². The van der Waals surface area contributed by atoms with E-state index in [0.717, 1.165) is 12.8 Å². The van der Waals surface area contributed by atoms with Crippen LogP contribution in [0.1, 0.15) is 32.1 Å². The number of rotatable bonds is 3. The van der Waals surface area contributed by atoms with Gasteiger partial charge in [-0.2, -0.15) is 10.4 Å². The predicted molar refractivity (Wildman–Crippen MR) is 34.2 cm³/mol. The van der Waals surface area contributed by atoms with Gasteiger partial charge in [0.15, 0.2) is 0 Å². The Morgan fingerprint density at radius 1 is 1.20 bits per heavy atom. The fraction of sp³-hybridized carbons (Fsp3) is 1.00. The highest BCUT2D eigenvalue weighted by atomic mass is 17.3. The van der Waals surface area contributed by atoms with Gasteiger partial charge in [-0.1, -0.05) is 19.3 Å². The molecule has 58 valence electrons. The summed E-state index contributed by atoms with van der Waals surface area (Å²) >= 11 is 0. The summed E-state index contributed by atoms with van der Waals surface area (Å²) in [4.78, 5) is 8.94. The summed E-state index contributed by atoms with van der Waals surface area (Å²) in [5.74, 6) is 0. The van der Waals surface area contributed by atoms with Crippen LogP contribution < -0.4 is 0 Å².